The second kappa shape index (κ2) is 5.88. The Morgan fingerprint density at radius 2 is 1.90 bits per heavy atom. The van der Waals surface area contributed by atoms with E-state index in [9.17, 15) is 18.7 Å². The summed E-state index contributed by atoms with van der Waals surface area (Å²) in [5, 5.41) is 12.1. The Balaban J connectivity index is 2.04. The fourth-order valence-corrected chi connectivity index (χ4v) is 1.75. The first-order chi connectivity index (χ1) is 9.45. The molecule has 0 aliphatic carbocycles. The van der Waals surface area contributed by atoms with Crippen LogP contribution < -0.4 is 5.32 Å². The first-order valence-electron chi connectivity index (χ1n) is 5.68. The molecule has 0 aliphatic heterocycles. The summed E-state index contributed by atoms with van der Waals surface area (Å²) < 4.78 is 25.7. The van der Waals surface area contributed by atoms with Gasteiger partial charge in [-0.15, -0.1) is 0 Å². The van der Waals surface area contributed by atoms with Gasteiger partial charge in [-0.3, -0.25) is 4.79 Å². The minimum Gasteiger partial charge on any atom is -0.506 e. The van der Waals surface area contributed by atoms with Crippen LogP contribution in [0.25, 0.3) is 0 Å². The molecular formula is C14H10ClF2NO2. The van der Waals surface area contributed by atoms with Crippen LogP contribution in [0.3, 0.4) is 0 Å². The number of hydrogen-bond acceptors (Lipinski definition) is 2. The number of carbonyl (C=O) groups is 1. The van der Waals surface area contributed by atoms with Gasteiger partial charge in [-0.05, 0) is 29.8 Å². The van der Waals surface area contributed by atoms with Gasteiger partial charge < -0.3 is 10.4 Å². The van der Waals surface area contributed by atoms with Crippen LogP contribution in [-0.4, -0.2) is 11.0 Å². The number of carbonyl (C=O) groups excluding carboxylic acids is 1. The van der Waals surface area contributed by atoms with Crippen molar-refractivity contribution in [3.05, 3.63) is 58.6 Å². The maximum atomic E-state index is 13.0. The van der Waals surface area contributed by atoms with Crippen molar-refractivity contribution < 1.29 is 18.7 Å². The van der Waals surface area contributed by atoms with Crippen LogP contribution in [0.4, 0.5) is 14.5 Å². The second-order valence-corrected chi connectivity index (χ2v) is 4.55. The molecule has 2 rings (SSSR count). The molecule has 0 unspecified atom stereocenters. The highest BCUT2D eigenvalue weighted by Crippen LogP contribution is 2.26. The monoisotopic (exact) mass is 297 g/mol. The van der Waals surface area contributed by atoms with Crippen LogP contribution in [-0.2, 0) is 11.2 Å². The van der Waals surface area contributed by atoms with E-state index in [0.29, 0.717) is 11.3 Å². The van der Waals surface area contributed by atoms with Crippen LogP contribution in [0.5, 0.6) is 5.75 Å². The molecule has 0 saturated heterocycles. The molecule has 2 aromatic carbocycles. The van der Waals surface area contributed by atoms with E-state index >= 15 is 0 Å². The molecule has 0 saturated carbocycles. The predicted molar refractivity (Wildman–Crippen MR) is 71.8 cm³/mol. The maximum Gasteiger partial charge on any atom is 0.228 e. The summed E-state index contributed by atoms with van der Waals surface area (Å²) in [6.07, 6.45) is -0.111. The van der Waals surface area contributed by atoms with E-state index in [1.54, 1.807) is 0 Å². The topological polar surface area (TPSA) is 49.3 Å². The molecule has 0 aromatic heterocycles. The standard InChI is InChI=1S/C14H10ClF2NO2/c15-10-3-2-9(7-13(10)19)18-14(20)6-8-1-4-11(16)12(17)5-8/h1-5,7,19H,6H2,(H,18,20). The van der Waals surface area contributed by atoms with Gasteiger partial charge in [0.15, 0.2) is 11.6 Å². The van der Waals surface area contributed by atoms with Crippen molar-refractivity contribution in [1.82, 2.24) is 0 Å². The largest absolute Gasteiger partial charge is 0.506 e. The van der Waals surface area contributed by atoms with Crippen LogP contribution in [0.15, 0.2) is 36.4 Å². The first kappa shape index (κ1) is 14.3. The fourth-order valence-electron chi connectivity index (χ4n) is 1.63. The highest BCUT2D eigenvalue weighted by Gasteiger charge is 2.08. The molecule has 2 N–H and O–H groups in total. The second-order valence-electron chi connectivity index (χ2n) is 4.14. The number of nitrogens with one attached hydrogen (secondary N) is 1. The van der Waals surface area contributed by atoms with Crippen molar-refractivity contribution in [2.45, 2.75) is 6.42 Å². The van der Waals surface area contributed by atoms with Gasteiger partial charge >= 0.3 is 0 Å². The Morgan fingerprint density at radius 1 is 1.15 bits per heavy atom. The lowest BCUT2D eigenvalue weighted by atomic mass is 10.1. The quantitative estimate of drug-likeness (QED) is 0.911. The molecule has 0 heterocycles. The minimum absolute atomic E-state index is 0.111. The van der Waals surface area contributed by atoms with Gasteiger partial charge in [-0.1, -0.05) is 17.7 Å². The van der Waals surface area contributed by atoms with Gasteiger partial charge in [0.05, 0.1) is 11.4 Å². The van der Waals surface area contributed by atoms with E-state index in [1.165, 1.54) is 24.3 Å². The molecule has 0 radical (unpaired) electrons. The summed E-state index contributed by atoms with van der Waals surface area (Å²) in [4.78, 5) is 11.7. The lowest BCUT2D eigenvalue weighted by molar-refractivity contribution is -0.115. The van der Waals surface area contributed by atoms with E-state index in [4.69, 9.17) is 11.6 Å². The third-order valence-corrected chi connectivity index (χ3v) is 2.90. The summed E-state index contributed by atoms with van der Waals surface area (Å²) in [6, 6.07) is 7.51. The molecule has 3 nitrogen and oxygen atoms in total. The molecule has 0 bridgehead atoms. The fraction of sp³-hybridized carbons (Fsp3) is 0.0714. The zero-order valence-corrected chi connectivity index (χ0v) is 10.9. The highest BCUT2D eigenvalue weighted by atomic mass is 35.5. The van der Waals surface area contributed by atoms with Gasteiger partial charge in [0.2, 0.25) is 5.91 Å². The third kappa shape index (κ3) is 3.45. The molecule has 6 heteroatoms. The molecular weight excluding hydrogens is 288 g/mol. The average Bonchev–Trinajstić information content (AvgIpc) is 2.38. The van der Waals surface area contributed by atoms with Gasteiger partial charge in [-0.25, -0.2) is 8.78 Å². The number of phenolic OH excluding ortho intramolecular Hbond substituents is 1. The number of amides is 1. The predicted octanol–water partition coefficient (Wildman–Crippen LogP) is 3.51. The summed E-state index contributed by atoms with van der Waals surface area (Å²) in [7, 11) is 0. The SMILES string of the molecule is O=C(Cc1ccc(F)c(F)c1)Nc1ccc(Cl)c(O)c1. The van der Waals surface area contributed by atoms with Crippen LogP contribution >= 0.6 is 11.6 Å². The van der Waals surface area contributed by atoms with Crippen LogP contribution in [0, 0.1) is 11.6 Å². The molecule has 0 fully saturated rings. The Labute approximate surface area is 118 Å². The van der Waals surface area contributed by atoms with E-state index < -0.39 is 17.5 Å². The molecule has 104 valence electrons. The molecule has 0 aliphatic rings. The molecule has 20 heavy (non-hydrogen) atoms. The normalized spacial score (nSPS) is 10.3. The summed E-state index contributed by atoms with van der Waals surface area (Å²) in [5.74, 6) is -2.54. The van der Waals surface area contributed by atoms with Gasteiger partial charge in [0.1, 0.15) is 5.75 Å². The number of anilines is 1. The Kier molecular flexibility index (Phi) is 4.20. The van der Waals surface area contributed by atoms with Crippen LogP contribution in [0.1, 0.15) is 5.56 Å². The molecule has 2 aromatic rings. The Bertz CT molecular complexity index is 606. The number of aromatic hydroxyl groups is 1. The lowest BCUT2D eigenvalue weighted by Gasteiger charge is -2.07. The van der Waals surface area contributed by atoms with Crippen molar-refractivity contribution in [3.8, 4) is 5.75 Å². The number of hydrogen-bond donors (Lipinski definition) is 2. The Hall–Kier alpha value is -2.14. The molecule has 0 atom stereocenters. The maximum absolute atomic E-state index is 13.0. The van der Waals surface area contributed by atoms with Crippen LogP contribution in [0.2, 0.25) is 5.02 Å². The van der Waals surface area contributed by atoms with Crippen molar-refractivity contribution in [2.24, 2.45) is 0 Å². The van der Waals surface area contributed by atoms with Gasteiger partial charge in [0.25, 0.3) is 0 Å². The summed E-state index contributed by atoms with van der Waals surface area (Å²) >= 11 is 5.64. The number of benzene rings is 2. The van der Waals surface area contributed by atoms with Crippen molar-refractivity contribution in [1.29, 1.82) is 0 Å². The highest BCUT2D eigenvalue weighted by molar-refractivity contribution is 6.32. The van der Waals surface area contributed by atoms with Crippen molar-refractivity contribution >= 4 is 23.2 Å². The zero-order chi connectivity index (χ0) is 14.7. The smallest absolute Gasteiger partial charge is 0.228 e. The minimum atomic E-state index is -1.00. The Morgan fingerprint density at radius 3 is 2.55 bits per heavy atom. The van der Waals surface area contributed by atoms with E-state index in [1.807, 2.05) is 0 Å². The number of phenols is 1. The average molecular weight is 298 g/mol. The van der Waals surface area contributed by atoms with Gasteiger partial charge in [-0.2, -0.15) is 0 Å². The van der Waals surface area contributed by atoms with Gasteiger partial charge in [0, 0.05) is 11.8 Å². The van der Waals surface area contributed by atoms with E-state index in [0.717, 1.165) is 12.1 Å². The van der Waals surface area contributed by atoms with E-state index in [-0.39, 0.29) is 17.2 Å². The summed E-state index contributed by atoms with van der Waals surface area (Å²) in [6.45, 7) is 0. The van der Waals surface area contributed by atoms with Crippen molar-refractivity contribution in [3.63, 3.8) is 0 Å². The third-order valence-electron chi connectivity index (χ3n) is 2.58. The zero-order valence-electron chi connectivity index (χ0n) is 10.2. The molecule has 1 amide bonds. The first-order valence-corrected chi connectivity index (χ1v) is 6.06. The number of halogens is 3. The van der Waals surface area contributed by atoms with E-state index in [2.05, 4.69) is 5.32 Å². The lowest BCUT2D eigenvalue weighted by Crippen LogP contribution is -2.14. The van der Waals surface area contributed by atoms with Crippen molar-refractivity contribution in [2.75, 3.05) is 5.32 Å². The molecule has 0 spiro atoms. The summed E-state index contributed by atoms with van der Waals surface area (Å²) in [5.41, 5.74) is 0.707. The number of rotatable bonds is 3.